The number of hydrogen-bond donors (Lipinski definition) is 1. The first kappa shape index (κ1) is 20.1. The van der Waals surface area contributed by atoms with Gasteiger partial charge in [-0.1, -0.05) is 48.5 Å². The molecule has 2 rings (SSSR count). The summed E-state index contributed by atoms with van der Waals surface area (Å²) in [6, 6.07) is 18.7. The molecule has 1 N–H and O–H groups in total. The average Bonchev–Trinajstić information content (AvgIpc) is 2.54. The van der Waals surface area contributed by atoms with Gasteiger partial charge >= 0.3 is 0 Å². The van der Waals surface area contributed by atoms with Crippen LogP contribution in [-0.4, -0.2) is 43.4 Å². The number of rotatable bonds is 7. The second-order valence-corrected chi connectivity index (χ2v) is 6.27. The van der Waals surface area contributed by atoms with Crippen LogP contribution in [0, 0.1) is 0 Å². The van der Waals surface area contributed by atoms with Crippen LogP contribution in [0.4, 0.5) is 5.69 Å². The van der Waals surface area contributed by atoms with E-state index >= 15 is 0 Å². The van der Waals surface area contributed by atoms with E-state index < -0.39 is 0 Å². The Kier molecular flexibility index (Phi) is 7.82. The Morgan fingerprint density at radius 2 is 1.46 bits per heavy atom. The van der Waals surface area contributed by atoms with Gasteiger partial charge < -0.3 is 26.8 Å². The largest absolute Gasteiger partial charge is 1.00 e. The lowest BCUT2D eigenvalue weighted by Crippen LogP contribution is -3.00. The number of para-hydroxylation sites is 1. The summed E-state index contributed by atoms with van der Waals surface area (Å²) in [5, 5.41) is 2.88. The van der Waals surface area contributed by atoms with Gasteiger partial charge in [0, 0.05) is 11.3 Å². The Labute approximate surface area is 153 Å². The smallest absolute Gasteiger partial charge is 0.279 e. The van der Waals surface area contributed by atoms with Gasteiger partial charge in [-0.3, -0.25) is 9.59 Å². The third-order valence-electron chi connectivity index (χ3n) is 3.67. The van der Waals surface area contributed by atoms with Gasteiger partial charge in [-0.05, 0) is 12.1 Å². The number of halogens is 1. The summed E-state index contributed by atoms with van der Waals surface area (Å²) in [5.41, 5.74) is 1.51. The molecule has 0 aliphatic heterocycles. The standard InChI is InChI=1S/C19H22N2O2.BrH/c1-21(2,14-13-18(22)16-9-5-3-6-10-16)15-19(23)20-17-11-7-4-8-12-17;/h3-12H,13-15H2,1-2H3;1H. The molecule has 0 spiro atoms. The molecule has 0 fully saturated rings. The zero-order valence-electron chi connectivity index (χ0n) is 14.0. The van der Waals surface area contributed by atoms with Crippen LogP contribution in [0.3, 0.4) is 0 Å². The van der Waals surface area contributed by atoms with E-state index in [4.69, 9.17) is 0 Å². The third kappa shape index (κ3) is 6.64. The maximum atomic E-state index is 12.2. The number of ketones is 1. The highest BCUT2D eigenvalue weighted by atomic mass is 79.9. The van der Waals surface area contributed by atoms with Crippen molar-refractivity contribution in [1.82, 2.24) is 0 Å². The van der Waals surface area contributed by atoms with Crippen LogP contribution >= 0.6 is 0 Å². The van der Waals surface area contributed by atoms with Gasteiger partial charge in [0.05, 0.1) is 27.1 Å². The number of hydrogen-bond acceptors (Lipinski definition) is 2. The molecule has 4 nitrogen and oxygen atoms in total. The molecule has 0 radical (unpaired) electrons. The Morgan fingerprint density at radius 3 is 2.04 bits per heavy atom. The third-order valence-corrected chi connectivity index (χ3v) is 3.67. The van der Waals surface area contributed by atoms with Gasteiger partial charge in [-0.2, -0.15) is 0 Å². The maximum absolute atomic E-state index is 12.2. The summed E-state index contributed by atoms with van der Waals surface area (Å²) >= 11 is 0. The summed E-state index contributed by atoms with van der Waals surface area (Å²) in [7, 11) is 3.92. The van der Waals surface area contributed by atoms with Crippen LogP contribution < -0.4 is 22.3 Å². The highest BCUT2D eigenvalue weighted by molar-refractivity contribution is 5.96. The van der Waals surface area contributed by atoms with Crippen LogP contribution in [0.15, 0.2) is 60.7 Å². The average molecular weight is 391 g/mol. The van der Waals surface area contributed by atoms with Crippen molar-refractivity contribution < 1.29 is 31.1 Å². The summed E-state index contributed by atoms with van der Waals surface area (Å²) in [6.45, 7) is 0.951. The second kappa shape index (κ2) is 9.35. The van der Waals surface area contributed by atoms with Crippen LogP contribution in [0.25, 0.3) is 0 Å². The molecule has 0 bridgehead atoms. The molecule has 0 aromatic heterocycles. The van der Waals surface area contributed by atoms with E-state index in [0.29, 0.717) is 24.0 Å². The van der Waals surface area contributed by atoms with Crippen molar-refractivity contribution in [2.75, 3.05) is 32.5 Å². The molecular formula is C19H23BrN2O2. The fourth-order valence-corrected chi connectivity index (χ4v) is 2.36. The first-order valence-electron chi connectivity index (χ1n) is 7.71. The number of carbonyl (C=O) groups excluding carboxylic acids is 2. The minimum Gasteiger partial charge on any atom is -1.00 e. The maximum Gasteiger partial charge on any atom is 0.279 e. The summed E-state index contributed by atoms with van der Waals surface area (Å²) in [6.07, 6.45) is 0.426. The van der Waals surface area contributed by atoms with Crippen LogP contribution in [0.2, 0.25) is 0 Å². The molecule has 2 aromatic carbocycles. The molecule has 0 atom stereocenters. The van der Waals surface area contributed by atoms with Gasteiger partial charge in [0.2, 0.25) is 0 Å². The fourth-order valence-electron chi connectivity index (χ4n) is 2.36. The summed E-state index contributed by atoms with van der Waals surface area (Å²) in [5.74, 6) is 0.0635. The number of likely N-dealkylation sites (N-methyl/N-ethyl adjacent to an activating group) is 1. The lowest BCUT2D eigenvalue weighted by molar-refractivity contribution is -0.881. The van der Waals surface area contributed by atoms with Crippen molar-refractivity contribution in [1.29, 1.82) is 0 Å². The van der Waals surface area contributed by atoms with E-state index in [1.54, 1.807) is 0 Å². The molecular weight excluding hydrogens is 368 g/mol. The van der Waals surface area contributed by atoms with Crippen LogP contribution in [0.5, 0.6) is 0 Å². The number of benzene rings is 2. The summed E-state index contributed by atoms with van der Waals surface area (Å²) < 4.78 is 0.469. The molecule has 0 unspecified atom stereocenters. The predicted molar refractivity (Wildman–Crippen MR) is 92.3 cm³/mol. The number of nitrogens with zero attached hydrogens (tertiary/aromatic N) is 1. The molecule has 0 heterocycles. The highest BCUT2D eigenvalue weighted by Crippen LogP contribution is 2.09. The Bertz CT molecular complexity index is 658. The normalized spacial score (nSPS) is 10.6. The topological polar surface area (TPSA) is 46.2 Å². The number of carbonyl (C=O) groups is 2. The zero-order valence-corrected chi connectivity index (χ0v) is 15.6. The monoisotopic (exact) mass is 390 g/mol. The lowest BCUT2D eigenvalue weighted by Gasteiger charge is -2.28. The summed E-state index contributed by atoms with van der Waals surface area (Å²) in [4.78, 5) is 24.3. The molecule has 2 aromatic rings. The molecule has 0 aliphatic carbocycles. The van der Waals surface area contributed by atoms with Crippen LogP contribution in [-0.2, 0) is 4.79 Å². The van der Waals surface area contributed by atoms with Gasteiger partial charge in [0.1, 0.15) is 0 Å². The number of amides is 1. The first-order valence-corrected chi connectivity index (χ1v) is 7.71. The Balaban J connectivity index is 0.00000288. The predicted octanol–water partition coefficient (Wildman–Crippen LogP) is -0.0215. The highest BCUT2D eigenvalue weighted by Gasteiger charge is 2.21. The van der Waals surface area contributed by atoms with Gasteiger partial charge in [-0.25, -0.2) is 0 Å². The molecule has 24 heavy (non-hydrogen) atoms. The van der Waals surface area contributed by atoms with E-state index in [1.807, 2.05) is 74.8 Å². The van der Waals surface area contributed by atoms with Gasteiger partial charge in [-0.15, -0.1) is 0 Å². The fraction of sp³-hybridized carbons (Fsp3) is 0.263. The molecule has 0 aliphatic rings. The minimum atomic E-state index is -0.0478. The molecule has 0 saturated carbocycles. The lowest BCUT2D eigenvalue weighted by atomic mass is 10.1. The molecule has 5 heteroatoms. The van der Waals surface area contributed by atoms with Crippen molar-refractivity contribution >= 4 is 17.4 Å². The van der Waals surface area contributed by atoms with Crippen molar-refractivity contribution in [3.63, 3.8) is 0 Å². The Hall–Kier alpha value is -1.98. The van der Waals surface area contributed by atoms with E-state index in [1.165, 1.54) is 0 Å². The van der Waals surface area contributed by atoms with Gasteiger partial charge in [0.15, 0.2) is 12.3 Å². The number of anilines is 1. The van der Waals surface area contributed by atoms with Crippen LogP contribution in [0.1, 0.15) is 16.8 Å². The van der Waals surface area contributed by atoms with E-state index in [2.05, 4.69) is 5.32 Å². The van der Waals surface area contributed by atoms with Crippen molar-refractivity contribution in [2.24, 2.45) is 0 Å². The van der Waals surface area contributed by atoms with E-state index in [9.17, 15) is 9.59 Å². The first-order chi connectivity index (χ1) is 11.0. The molecule has 1 amide bonds. The van der Waals surface area contributed by atoms with Crippen molar-refractivity contribution in [2.45, 2.75) is 6.42 Å². The molecule has 128 valence electrons. The van der Waals surface area contributed by atoms with Gasteiger partial charge in [0.25, 0.3) is 5.91 Å². The van der Waals surface area contributed by atoms with Crippen molar-refractivity contribution in [3.8, 4) is 0 Å². The van der Waals surface area contributed by atoms with Crippen molar-refractivity contribution in [3.05, 3.63) is 66.2 Å². The number of nitrogens with one attached hydrogen (secondary N) is 1. The molecule has 0 saturated heterocycles. The van der Waals surface area contributed by atoms with E-state index in [-0.39, 0.29) is 28.7 Å². The SMILES string of the molecule is C[N+](C)(CCC(=O)c1ccccc1)CC(=O)Nc1ccccc1.[Br-]. The second-order valence-electron chi connectivity index (χ2n) is 6.27. The number of quaternary nitrogens is 1. The quantitative estimate of drug-likeness (QED) is 0.533. The van der Waals surface area contributed by atoms with E-state index in [0.717, 1.165) is 11.3 Å². The number of Topliss-reactive ketones (excluding diaryl/α,β-unsaturated/α-hetero) is 1. The minimum absolute atomic E-state index is 0. The zero-order chi connectivity index (χ0) is 16.7. The Morgan fingerprint density at radius 1 is 0.917 bits per heavy atom.